The second-order valence-corrected chi connectivity index (χ2v) is 19.3. The molecule has 5 aliphatic heterocycles. The van der Waals surface area contributed by atoms with E-state index in [4.69, 9.17) is 21.4 Å². The van der Waals surface area contributed by atoms with Crippen LogP contribution in [0.1, 0.15) is 95.9 Å². The van der Waals surface area contributed by atoms with Crippen molar-refractivity contribution in [1.29, 1.82) is 0 Å². The molecule has 3 aromatic rings. The average Bonchev–Trinajstić information content (AvgIpc) is 3.62. The highest BCUT2D eigenvalue weighted by Gasteiger charge is 2.67. The van der Waals surface area contributed by atoms with Gasteiger partial charge in [-0.1, -0.05) is 32.9 Å². The summed E-state index contributed by atoms with van der Waals surface area (Å²) in [5.74, 6) is 0.597. The minimum absolute atomic E-state index is 0.0321. The molecule has 6 aliphatic rings. The van der Waals surface area contributed by atoms with Crippen LogP contribution in [0, 0.1) is 11.3 Å². The molecule has 0 spiro atoms. The Labute approximate surface area is 351 Å². The van der Waals surface area contributed by atoms with E-state index in [9.17, 15) is 24.6 Å². The molecule has 9 rings (SSSR count). The predicted octanol–water partition coefficient (Wildman–Crippen LogP) is 2.50. The van der Waals surface area contributed by atoms with Crippen LogP contribution < -0.4 is 21.7 Å². The number of para-hydroxylation sites is 1. The number of benzene rings is 1. The van der Waals surface area contributed by atoms with E-state index in [1.54, 1.807) is 12.1 Å². The second-order valence-electron chi connectivity index (χ2n) is 19.3. The van der Waals surface area contributed by atoms with Crippen molar-refractivity contribution in [1.82, 2.24) is 40.2 Å². The molecule has 5 atom stereocenters. The lowest BCUT2D eigenvalue weighted by Crippen LogP contribution is -2.83. The smallest absolute Gasteiger partial charge is 0.246 e. The number of nitrogen functional groups attached to an aromatic ring is 1. The number of hydrogen-bond donors (Lipinski definition) is 5. The van der Waals surface area contributed by atoms with Gasteiger partial charge >= 0.3 is 0 Å². The van der Waals surface area contributed by atoms with Crippen molar-refractivity contribution in [3.63, 3.8) is 0 Å². The Balaban J connectivity index is 0.748. The number of piperazine rings is 1. The summed E-state index contributed by atoms with van der Waals surface area (Å²) in [6.07, 6.45) is 10.9. The molecule has 16 heteroatoms. The number of aromatic hydroxyl groups is 1. The number of β-amino-alcohol motifs (C(OH)–C–C–N with tert-alkyl or cyclic N) is 1. The highest BCUT2D eigenvalue weighted by molar-refractivity contribution is 5.93. The number of carbonyl (C=O) groups excluding carboxylic acids is 3. The highest BCUT2D eigenvalue weighted by Crippen LogP contribution is 2.59. The van der Waals surface area contributed by atoms with Crippen molar-refractivity contribution >= 4 is 29.2 Å². The normalized spacial score (nSPS) is 30.2. The minimum atomic E-state index is -0.873. The maximum Gasteiger partial charge on any atom is 0.246 e. The van der Waals surface area contributed by atoms with E-state index >= 15 is 0 Å². The van der Waals surface area contributed by atoms with Crippen LogP contribution >= 0.6 is 0 Å². The number of aliphatic hydroxyl groups is 1. The number of piperidine rings is 2. The topological polar surface area (TPSA) is 220 Å². The average molecular weight is 822 g/mol. The van der Waals surface area contributed by atoms with Crippen molar-refractivity contribution < 1.29 is 24.6 Å². The minimum Gasteiger partial charge on any atom is -0.507 e. The number of aliphatic hydroxyl groups excluding tert-OH is 1. The molecule has 1 aliphatic carbocycles. The van der Waals surface area contributed by atoms with Gasteiger partial charge in [0.05, 0.1) is 23.0 Å². The van der Waals surface area contributed by atoms with Crippen LogP contribution in [0.15, 0.2) is 42.7 Å². The van der Waals surface area contributed by atoms with Gasteiger partial charge in [0.2, 0.25) is 17.7 Å². The zero-order valence-corrected chi connectivity index (χ0v) is 34.9. The summed E-state index contributed by atoms with van der Waals surface area (Å²) in [6, 6.07) is 8.58. The van der Waals surface area contributed by atoms with Gasteiger partial charge in [-0.05, 0) is 99.6 Å². The molecule has 7 heterocycles. The molecule has 0 radical (unpaired) electrons. The Bertz CT molecular complexity index is 2100. The molecule has 16 nitrogen and oxygen atoms in total. The maximum absolute atomic E-state index is 13.7. The number of amides is 3. The van der Waals surface area contributed by atoms with Crippen molar-refractivity contribution in [3.8, 4) is 17.0 Å². The monoisotopic (exact) mass is 821 g/mol. The number of aromatic nitrogens is 4. The van der Waals surface area contributed by atoms with Gasteiger partial charge in [0.15, 0.2) is 5.82 Å². The quantitative estimate of drug-likeness (QED) is 0.210. The van der Waals surface area contributed by atoms with Gasteiger partial charge in [0.25, 0.3) is 0 Å². The fraction of sp³-hybridized carbons (Fsp3) is 0.614. The van der Waals surface area contributed by atoms with Gasteiger partial charge in [-0.2, -0.15) is 0 Å². The third kappa shape index (κ3) is 7.23. The van der Waals surface area contributed by atoms with E-state index in [0.717, 1.165) is 89.1 Å². The van der Waals surface area contributed by atoms with Crippen LogP contribution in [0.4, 0.5) is 11.5 Å². The van der Waals surface area contributed by atoms with Gasteiger partial charge in [0.1, 0.15) is 23.7 Å². The Kier molecular flexibility index (Phi) is 10.5. The standard InChI is InChI=1S/C44H59N11O5/c1-43(2,3)37(41(60)54-24-31(56)16-35(54)39(46)58)49-40(59)26-8-10-28(11-9-26)52-14-12-25(13-15-52)27-20-47-42(48-21-27)44-18-29-22-53(23-30(19-44)55(29)44)34-17-33(50-51-38(34)45)32-6-4-5-7-36(32)57/h4-7,17,20-21,25-26,28-31,35,37,56-57H,8-16,18-19,22-24H2,1-3H3,(H2,45,51)(H2,46,58)(H,49,59)/t26-,28-,29?,30?,31-,35-,37+,44?/m0/s1. The van der Waals surface area contributed by atoms with E-state index in [2.05, 4.69) is 42.6 Å². The lowest BCUT2D eigenvalue weighted by Gasteiger charge is -2.72. The zero-order valence-electron chi connectivity index (χ0n) is 34.9. The first-order chi connectivity index (χ1) is 28.7. The lowest BCUT2D eigenvalue weighted by molar-refractivity contribution is -0.216. The molecular formula is C44H59N11O5. The number of carbonyl (C=O) groups is 3. The summed E-state index contributed by atoms with van der Waals surface area (Å²) in [6.45, 7) is 9.39. The van der Waals surface area contributed by atoms with Crippen LogP contribution in [-0.2, 0) is 19.9 Å². The molecule has 3 amide bonds. The number of anilines is 2. The number of phenols is 1. The van der Waals surface area contributed by atoms with Crippen molar-refractivity contribution in [2.24, 2.45) is 17.1 Å². The van der Waals surface area contributed by atoms with Gasteiger partial charge in [-0.3, -0.25) is 19.3 Å². The van der Waals surface area contributed by atoms with Gasteiger partial charge in [-0.15, -0.1) is 10.2 Å². The Morgan fingerprint density at radius 2 is 1.58 bits per heavy atom. The van der Waals surface area contributed by atoms with Gasteiger partial charge in [-0.25, -0.2) is 9.97 Å². The lowest BCUT2D eigenvalue weighted by atomic mass is 9.62. The SMILES string of the molecule is CC(C)(C)[C@H](NC(=O)[C@H]1CC[C@H](N2CCC(c3cnc(C45CC6CN(c7cc(-c8ccccc8O)nnc7N)CC(C4)N65)nc3)CC2)CC1)C(=O)N1C[C@@H](O)C[C@H]1C(N)=O. The molecule has 5 saturated heterocycles. The third-order valence-corrected chi connectivity index (χ3v) is 14.6. The van der Waals surface area contributed by atoms with Gasteiger partial charge in [0, 0.05) is 68.1 Å². The summed E-state index contributed by atoms with van der Waals surface area (Å²) < 4.78 is 0. The number of nitrogens with one attached hydrogen (secondary N) is 1. The molecule has 6 fully saturated rings. The van der Waals surface area contributed by atoms with Crippen molar-refractivity contribution in [2.45, 2.75) is 126 Å². The summed E-state index contributed by atoms with van der Waals surface area (Å²) >= 11 is 0. The predicted molar refractivity (Wildman–Crippen MR) is 224 cm³/mol. The number of nitrogens with two attached hydrogens (primary N) is 2. The van der Waals surface area contributed by atoms with Crippen molar-refractivity contribution in [2.75, 3.05) is 43.4 Å². The summed E-state index contributed by atoms with van der Waals surface area (Å²) in [5, 5.41) is 32.1. The van der Waals surface area contributed by atoms with Crippen LogP contribution in [0.2, 0.25) is 0 Å². The van der Waals surface area contributed by atoms with E-state index < -0.39 is 29.5 Å². The first-order valence-corrected chi connectivity index (χ1v) is 21.8. The second kappa shape index (κ2) is 15.5. The van der Waals surface area contributed by atoms with Crippen LogP contribution in [-0.4, -0.2) is 132 Å². The maximum atomic E-state index is 13.7. The highest BCUT2D eigenvalue weighted by atomic mass is 16.3. The number of likely N-dealkylation sites (tertiary alicyclic amines) is 2. The van der Waals surface area contributed by atoms with E-state index in [-0.39, 0.29) is 42.0 Å². The number of nitrogens with zero attached hydrogens (tertiary/aromatic N) is 8. The van der Waals surface area contributed by atoms with Crippen LogP contribution in [0.25, 0.3) is 11.3 Å². The van der Waals surface area contributed by atoms with E-state index in [0.29, 0.717) is 41.1 Å². The molecule has 7 N–H and O–H groups in total. The number of hydrogen-bond acceptors (Lipinski definition) is 13. The summed E-state index contributed by atoms with van der Waals surface area (Å²) in [4.78, 5) is 58.2. The third-order valence-electron chi connectivity index (χ3n) is 14.6. The Hall–Kier alpha value is -4.93. The number of phenolic OH excluding ortho intramolecular Hbond substituents is 1. The fourth-order valence-corrected chi connectivity index (χ4v) is 11.4. The largest absolute Gasteiger partial charge is 0.507 e. The summed E-state index contributed by atoms with van der Waals surface area (Å²) in [5.41, 5.74) is 14.5. The molecule has 1 saturated carbocycles. The number of rotatable bonds is 9. The van der Waals surface area contributed by atoms with Crippen LogP contribution in [0.5, 0.6) is 5.75 Å². The molecule has 2 unspecified atom stereocenters. The van der Waals surface area contributed by atoms with Crippen LogP contribution in [0.3, 0.4) is 0 Å². The van der Waals surface area contributed by atoms with Gasteiger partial charge < -0.3 is 41.7 Å². The molecule has 1 aromatic carbocycles. The van der Waals surface area contributed by atoms with Crippen molar-refractivity contribution in [3.05, 3.63) is 54.1 Å². The Morgan fingerprint density at radius 1 is 0.917 bits per heavy atom. The first kappa shape index (κ1) is 40.5. The molecular weight excluding hydrogens is 763 g/mol. The zero-order chi connectivity index (χ0) is 42.1. The van der Waals surface area contributed by atoms with E-state index in [1.165, 1.54) is 10.5 Å². The molecule has 320 valence electrons. The fourth-order valence-electron chi connectivity index (χ4n) is 11.4. The number of primary amides is 1. The molecule has 60 heavy (non-hydrogen) atoms. The summed E-state index contributed by atoms with van der Waals surface area (Å²) in [7, 11) is 0. The molecule has 2 aromatic heterocycles. The van der Waals surface area contributed by atoms with E-state index in [1.807, 2.05) is 39.0 Å². The Morgan fingerprint density at radius 3 is 2.22 bits per heavy atom. The molecule has 0 bridgehead atoms. The first-order valence-electron chi connectivity index (χ1n) is 21.8.